The number of rotatable bonds is 1. The number of halogens is 2. The van der Waals surface area contributed by atoms with E-state index in [9.17, 15) is 4.79 Å². The molecule has 1 aromatic heterocycles. The summed E-state index contributed by atoms with van der Waals surface area (Å²) in [5.74, 6) is 0.272. The van der Waals surface area contributed by atoms with E-state index in [1.807, 2.05) is 24.3 Å². The van der Waals surface area contributed by atoms with Crippen LogP contribution in [0, 0.1) is 0 Å². The summed E-state index contributed by atoms with van der Waals surface area (Å²) in [6.07, 6.45) is 3.21. The maximum absolute atomic E-state index is 12.5. The average molecular weight is 528 g/mol. The van der Waals surface area contributed by atoms with Gasteiger partial charge in [0.05, 0.1) is 47.4 Å². The fraction of sp³-hybridized carbons (Fsp3) is 0.346. The molecule has 188 valence electrons. The van der Waals surface area contributed by atoms with Crippen molar-refractivity contribution in [2.45, 2.75) is 19.4 Å². The number of carbonyl (C=O) groups excluding carboxylic acids is 1. The second-order valence-electron chi connectivity index (χ2n) is 8.67. The van der Waals surface area contributed by atoms with Crippen molar-refractivity contribution in [2.24, 2.45) is 0 Å². The highest BCUT2D eigenvalue weighted by molar-refractivity contribution is 6.34. The maximum atomic E-state index is 12.5. The summed E-state index contributed by atoms with van der Waals surface area (Å²) < 4.78 is 11.5. The van der Waals surface area contributed by atoms with Gasteiger partial charge in [0.1, 0.15) is 0 Å². The number of ether oxygens (including phenoxy) is 2. The molecule has 0 radical (unpaired) electrons. The molecule has 0 atom stereocenters. The molecule has 1 fully saturated rings. The fourth-order valence-electron chi connectivity index (χ4n) is 4.33. The van der Waals surface area contributed by atoms with Crippen LogP contribution in [0.25, 0.3) is 11.3 Å². The Morgan fingerprint density at radius 1 is 0.917 bits per heavy atom. The Balaban J connectivity index is 1.51. The van der Waals surface area contributed by atoms with Crippen LogP contribution in [0.4, 0.5) is 17.3 Å². The van der Waals surface area contributed by atoms with Gasteiger partial charge in [-0.15, -0.1) is 0 Å². The minimum absolute atomic E-state index is 0.114. The van der Waals surface area contributed by atoms with Gasteiger partial charge in [-0.05, 0) is 37.1 Å². The number of nitrogens with one attached hydrogen (secondary N) is 2. The number of anilines is 3. The number of hydrogen-bond donors (Lipinski definition) is 2. The Morgan fingerprint density at radius 3 is 2.50 bits per heavy atom. The molecule has 6 bridgehead atoms. The second kappa shape index (κ2) is 11.4. The zero-order valence-corrected chi connectivity index (χ0v) is 21.2. The first-order valence-electron chi connectivity index (χ1n) is 12.0. The Hall–Kier alpha value is -2.91. The second-order valence-corrected chi connectivity index (χ2v) is 9.49. The first-order valence-corrected chi connectivity index (χ1v) is 12.7. The van der Waals surface area contributed by atoms with Crippen LogP contribution in [0.1, 0.15) is 28.8 Å². The van der Waals surface area contributed by atoms with Crippen LogP contribution in [0.3, 0.4) is 0 Å². The van der Waals surface area contributed by atoms with E-state index >= 15 is 0 Å². The highest BCUT2D eigenvalue weighted by atomic mass is 35.5. The molecule has 3 aromatic rings. The molecule has 1 amide bonds. The minimum atomic E-state index is -0.114. The number of benzene rings is 2. The van der Waals surface area contributed by atoms with Crippen molar-refractivity contribution < 1.29 is 14.3 Å². The Labute approximate surface area is 219 Å². The van der Waals surface area contributed by atoms with Gasteiger partial charge >= 0.3 is 0 Å². The van der Waals surface area contributed by atoms with E-state index in [2.05, 4.69) is 25.5 Å². The van der Waals surface area contributed by atoms with Gasteiger partial charge in [0.15, 0.2) is 0 Å². The quantitative estimate of drug-likeness (QED) is 0.456. The maximum Gasteiger partial charge on any atom is 0.251 e. The van der Waals surface area contributed by atoms with Gasteiger partial charge in [0, 0.05) is 48.6 Å². The third-order valence-electron chi connectivity index (χ3n) is 6.15. The molecule has 36 heavy (non-hydrogen) atoms. The molecule has 2 aromatic carbocycles. The summed E-state index contributed by atoms with van der Waals surface area (Å²) in [6.45, 7) is 4.41. The molecule has 0 saturated carbocycles. The standard InChI is InChI=1S/C26H27Cl2N5O3/c27-21-14-20-13-19(24(21)33-8-11-35-12-9-33)16-36-10-2-1-7-29-25(34)18-5-3-17(4-6-18)23-22(28)15-30-26(31-20)32-23/h3-6,13-15H,1-2,7-12,16H2,(H,29,34)(H,30,31,32). The predicted octanol–water partition coefficient (Wildman–Crippen LogP) is 5.07. The highest BCUT2D eigenvalue weighted by Gasteiger charge is 2.20. The van der Waals surface area contributed by atoms with E-state index in [4.69, 9.17) is 32.7 Å². The average Bonchev–Trinajstić information content (AvgIpc) is 2.89. The number of nitrogens with zero attached hydrogens (tertiary/aromatic N) is 3. The van der Waals surface area contributed by atoms with Gasteiger partial charge in [-0.1, -0.05) is 35.3 Å². The zero-order chi connectivity index (χ0) is 24.9. The first kappa shape index (κ1) is 24.8. The van der Waals surface area contributed by atoms with Crippen molar-refractivity contribution in [3.05, 3.63) is 63.8 Å². The number of amides is 1. The fourth-order valence-corrected chi connectivity index (χ4v) is 4.89. The molecule has 1 saturated heterocycles. The molecule has 10 heteroatoms. The molecule has 0 unspecified atom stereocenters. The monoisotopic (exact) mass is 527 g/mol. The van der Waals surface area contributed by atoms with Crippen LogP contribution >= 0.6 is 23.2 Å². The number of hydrogen-bond acceptors (Lipinski definition) is 7. The van der Waals surface area contributed by atoms with E-state index in [1.165, 1.54) is 0 Å². The number of carbonyl (C=O) groups is 1. The van der Waals surface area contributed by atoms with Crippen LogP contribution in [0.15, 0.2) is 42.6 Å². The molecule has 3 aliphatic heterocycles. The summed E-state index contributed by atoms with van der Waals surface area (Å²) in [4.78, 5) is 23.7. The number of aromatic nitrogens is 2. The Kier molecular flexibility index (Phi) is 7.87. The smallest absolute Gasteiger partial charge is 0.251 e. The molecule has 4 heterocycles. The molecular formula is C26H27Cl2N5O3. The van der Waals surface area contributed by atoms with Crippen molar-refractivity contribution in [2.75, 3.05) is 49.7 Å². The van der Waals surface area contributed by atoms with Gasteiger partial charge in [-0.3, -0.25) is 4.79 Å². The van der Waals surface area contributed by atoms with Crippen molar-refractivity contribution in [3.63, 3.8) is 0 Å². The van der Waals surface area contributed by atoms with Crippen LogP contribution < -0.4 is 15.5 Å². The van der Waals surface area contributed by atoms with Crippen LogP contribution in [-0.2, 0) is 16.1 Å². The normalized spacial score (nSPS) is 16.9. The zero-order valence-electron chi connectivity index (χ0n) is 19.7. The molecule has 6 rings (SSSR count). The number of morpholine rings is 1. The number of fused-ring (bicyclic) bond motifs is 9. The molecule has 2 N–H and O–H groups in total. The topological polar surface area (TPSA) is 88.6 Å². The van der Waals surface area contributed by atoms with E-state index in [0.29, 0.717) is 60.2 Å². The lowest BCUT2D eigenvalue weighted by atomic mass is 10.1. The lowest BCUT2D eigenvalue weighted by Gasteiger charge is -2.31. The van der Waals surface area contributed by atoms with Gasteiger partial charge in [-0.2, -0.15) is 0 Å². The lowest BCUT2D eigenvalue weighted by molar-refractivity contribution is 0.0946. The van der Waals surface area contributed by atoms with E-state index in [1.54, 1.807) is 18.3 Å². The lowest BCUT2D eigenvalue weighted by Crippen LogP contribution is -2.37. The van der Waals surface area contributed by atoms with Crippen molar-refractivity contribution in [1.29, 1.82) is 0 Å². The molecule has 3 aliphatic rings. The molecule has 0 aliphatic carbocycles. The van der Waals surface area contributed by atoms with E-state index in [-0.39, 0.29) is 5.91 Å². The Morgan fingerprint density at radius 2 is 1.69 bits per heavy atom. The van der Waals surface area contributed by atoms with E-state index < -0.39 is 0 Å². The summed E-state index contributed by atoms with van der Waals surface area (Å²) in [6, 6.07) is 11.1. The third-order valence-corrected chi connectivity index (χ3v) is 6.71. The summed E-state index contributed by atoms with van der Waals surface area (Å²) in [7, 11) is 0. The van der Waals surface area contributed by atoms with Crippen molar-refractivity contribution in [3.8, 4) is 11.3 Å². The molecule has 8 nitrogen and oxygen atoms in total. The Bertz CT molecular complexity index is 1230. The van der Waals surface area contributed by atoms with Gasteiger partial charge in [0.2, 0.25) is 5.95 Å². The first-order chi connectivity index (χ1) is 17.6. The van der Waals surface area contributed by atoms with Gasteiger partial charge < -0.3 is 25.0 Å². The van der Waals surface area contributed by atoms with Crippen molar-refractivity contribution >= 4 is 46.4 Å². The van der Waals surface area contributed by atoms with Crippen LogP contribution in [0.5, 0.6) is 0 Å². The van der Waals surface area contributed by atoms with E-state index in [0.717, 1.165) is 48.4 Å². The summed E-state index contributed by atoms with van der Waals surface area (Å²) in [5, 5.41) is 7.27. The van der Waals surface area contributed by atoms with Gasteiger partial charge in [0.25, 0.3) is 5.91 Å². The highest BCUT2D eigenvalue weighted by Crippen LogP contribution is 2.36. The van der Waals surface area contributed by atoms with Crippen molar-refractivity contribution in [1.82, 2.24) is 15.3 Å². The molecular weight excluding hydrogens is 501 g/mol. The summed E-state index contributed by atoms with van der Waals surface area (Å²) in [5.41, 5.74) is 4.63. The van der Waals surface area contributed by atoms with Crippen LogP contribution in [-0.4, -0.2) is 55.3 Å². The predicted molar refractivity (Wildman–Crippen MR) is 141 cm³/mol. The summed E-state index contributed by atoms with van der Waals surface area (Å²) >= 11 is 13.2. The SMILES string of the molecule is O=C1NCCCCOCc2cc(cc(Cl)c2N2CCOCC2)Nc2ncc(Cl)c(n2)-c2ccc1cc2. The largest absolute Gasteiger partial charge is 0.378 e. The third kappa shape index (κ3) is 5.73. The minimum Gasteiger partial charge on any atom is -0.378 e. The molecule has 0 spiro atoms. The van der Waals surface area contributed by atoms with Crippen LogP contribution in [0.2, 0.25) is 10.0 Å². The van der Waals surface area contributed by atoms with Gasteiger partial charge in [-0.25, -0.2) is 9.97 Å².